The van der Waals surface area contributed by atoms with Crippen molar-refractivity contribution in [3.05, 3.63) is 60.7 Å². The summed E-state index contributed by atoms with van der Waals surface area (Å²) in [5, 5.41) is 0. The first-order chi connectivity index (χ1) is 13.7. The summed E-state index contributed by atoms with van der Waals surface area (Å²) in [5.74, 6) is 0.0787. The van der Waals surface area contributed by atoms with Crippen molar-refractivity contribution < 1.29 is 18.0 Å². The summed E-state index contributed by atoms with van der Waals surface area (Å²) >= 11 is 1.65. The summed E-state index contributed by atoms with van der Waals surface area (Å²) in [4.78, 5) is 26.3. The number of rotatable bonds is 8. The van der Waals surface area contributed by atoms with Crippen LogP contribution in [0.4, 0.5) is 0 Å². The summed E-state index contributed by atoms with van der Waals surface area (Å²) in [6, 6.07) is 18.3. The molecular formula is C23H26O4S2. The van der Waals surface area contributed by atoms with Gasteiger partial charge in [-0.25, -0.2) is 8.42 Å². The van der Waals surface area contributed by atoms with Crippen molar-refractivity contribution in [2.24, 2.45) is 17.3 Å². The second-order valence-corrected chi connectivity index (χ2v) is 11.0. The van der Waals surface area contributed by atoms with Gasteiger partial charge >= 0.3 is 0 Å². The van der Waals surface area contributed by atoms with Gasteiger partial charge in [-0.05, 0) is 62.8 Å². The van der Waals surface area contributed by atoms with E-state index < -0.39 is 15.3 Å². The van der Waals surface area contributed by atoms with Crippen LogP contribution in [0.15, 0.2) is 70.5 Å². The maximum absolute atomic E-state index is 13.0. The molecule has 1 aliphatic carbocycles. The van der Waals surface area contributed by atoms with Gasteiger partial charge in [0.05, 0.1) is 16.1 Å². The predicted octanol–water partition coefficient (Wildman–Crippen LogP) is 4.44. The molecule has 154 valence electrons. The molecule has 1 fully saturated rings. The first-order valence-electron chi connectivity index (χ1n) is 9.72. The van der Waals surface area contributed by atoms with Crippen molar-refractivity contribution in [2.75, 3.05) is 11.5 Å². The first kappa shape index (κ1) is 21.8. The van der Waals surface area contributed by atoms with Crippen LogP contribution in [-0.4, -0.2) is 31.5 Å². The fourth-order valence-corrected chi connectivity index (χ4v) is 7.11. The summed E-state index contributed by atoms with van der Waals surface area (Å²) in [7, 11) is -3.49. The molecule has 0 aliphatic heterocycles. The fraction of sp³-hybridized carbons (Fsp3) is 0.391. The Bertz CT molecular complexity index is 954. The standard InChI is InChI=1S/C23H26O4S2/c1-17(24)23(18(2)25)13-19(15-28-21-9-5-3-6-10-21)20(14-23)16-29(26,27)22-11-7-4-8-12-22/h3-12,19-20H,13-16H2,1-2H3/t19-,20+/m0/s1. The van der Waals surface area contributed by atoms with Gasteiger partial charge in [0.15, 0.2) is 9.84 Å². The van der Waals surface area contributed by atoms with Crippen molar-refractivity contribution >= 4 is 33.2 Å². The van der Waals surface area contributed by atoms with Crippen LogP contribution in [0.1, 0.15) is 26.7 Å². The predicted molar refractivity (Wildman–Crippen MR) is 116 cm³/mol. The largest absolute Gasteiger partial charge is 0.299 e. The lowest BCUT2D eigenvalue weighted by atomic mass is 9.78. The molecule has 1 aliphatic rings. The molecule has 29 heavy (non-hydrogen) atoms. The first-order valence-corrected chi connectivity index (χ1v) is 12.4. The molecule has 0 radical (unpaired) electrons. The third-order valence-electron chi connectivity index (χ3n) is 5.98. The molecule has 0 heterocycles. The molecule has 0 spiro atoms. The van der Waals surface area contributed by atoms with Crippen LogP contribution in [-0.2, 0) is 19.4 Å². The molecule has 4 nitrogen and oxygen atoms in total. The van der Waals surface area contributed by atoms with E-state index in [4.69, 9.17) is 0 Å². The summed E-state index contributed by atoms with van der Waals surface area (Å²) < 4.78 is 26.0. The number of thioether (sulfide) groups is 1. The fourth-order valence-electron chi connectivity index (χ4n) is 4.25. The van der Waals surface area contributed by atoms with Crippen molar-refractivity contribution in [2.45, 2.75) is 36.5 Å². The zero-order valence-electron chi connectivity index (χ0n) is 16.7. The average molecular weight is 431 g/mol. The molecule has 0 unspecified atom stereocenters. The van der Waals surface area contributed by atoms with Gasteiger partial charge in [-0.15, -0.1) is 11.8 Å². The van der Waals surface area contributed by atoms with E-state index in [9.17, 15) is 18.0 Å². The van der Waals surface area contributed by atoms with Crippen molar-refractivity contribution in [1.82, 2.24) is 0 Å². The number of hydrogen-bond donors (Lipinski definition) is 0. The smallest absolute Gasteiger partial charge is 0.178 e. The zero-order chi connectivity index (χ0) is 21.1. The van der Waals surface area contributed by atoms with Gasteiger partial charge in [0, 0.05) is 10.6 Å². The van der Waals surface area contributed by atoms with Gasteiger partial charge in [0.1, 0.15) is 11.6 Å². The molecule has 2 atom stereocenters. The van der Waals surface area contributed by atoms with E-state index >= 15 is 0 Å². The molecule has 0 N–H and O–H groups in total. The Balaban J connectivity index is 1.86. The Morgan fingerprint density at radius 1 is 0.897 bits per heavy atom. The molecule has 2 aromatic carbocycles. The minimum absolute atomic E-state index is 0.0218. The SMILES string of the molecule is CC(=O)C1(C(C)=O)C[C@@H](CSc2ccccc2)[C@@H](CS(=O)(=O)c2ccccc2)C1. The highest BCUT2D eigenvalue weighted by Gasteiger charge is 2.52. The van der Waals surface area contributed by atoms with Crippen LogP contribution in [0.25, 0.3) is 0 Å². The minimum Gasteiger partial charge on any atom is -0.299 e. The summed E-state index contributed by atoms with van der Waals surface area (Å²) in [6.45, 7) is 2.91. The molecule has 0 saturated heterocycles. The van der Waals surface area contributed by atoms with Crippen LogP contribution in [0.5, 0.6) is 0 Å². The van der Waals surface area contributed by atoms with E-state index in [1.807, 2.05) is 30.3 Å². The Morgan fingerprint density at radius 2 is 1.41 bits per heavy atom. The molecule has 2 aromatic rings. The zero-order valence-corrected chi connectivity index (χ0v) is 18.3. The highest BCUT2D eigenvalue weighted by molar-refractivity contribution is 7.99. The lowest BCUT2D eigenvalue weighted by Crippen LogP contribution is -2.34. The third kappa shape index (κ3) is 4.81. The topological polar surface area (TPSA) is 68.3 Å². The Morgan fingerprint density at radius 3 is 1.97 bits per heavy atom. The van der Waals surface area contributed by atoms with Gasteiger partial charge in [-0.1, -0.05) is 36.4 Å². The maximum Gasteiger partial charge on any atom is 0.178 e. The number of sulfone groups is 1. The van der Waals surface area contributed by atoms with E-state index in [0.29, 0.717) is 18.6 Å². The number of Topliss-reactive ketones (excluding diaryl/α,β-unsaturated/α-hetero) is 2. The Labute approximate surface area is 177 Å². The van der Waals surface area contributed by atoms with Crippen LogP contribution < -0.4 is 0 Å². The van der Waals surface area contributed by atoms with Crippen LogP contribution in [0.2, 0.25) is 0 Å². The normalized spacial score (nSPS) is 21.0. The molecule has 3 rings (SSSR count). The Kier molecular flexibility index (Phi) is 6.64. The average Bonchev–Trinajstić information content (AvgIpc) is 3.07. The summed E-state index contributed by atoms with van der Waals surface area (Å²) in [5.41, 5.74) is -1.06. The summed E-state index contributed by atoms with van der Waals surface area (Å²) in [6.07, 6.45) is 0.732. The molecule has 0 aromatic heterocycles. The molecule has 1 saturated carbocycles. The van der Waals surface area contributed by atoms with Crippen molar-refractivity contribution in [3.63, 3.8) is 0 Å². The van der Waals surface area contributed by atoms with E-state index in [1.165, 1.54) is 13.8 Å². The van der Waals surface area contributed by atoms with Gasteiger partial charge in [-0.2, -0.15) is 0 Å². The van der Waals surface area contributed by atoms with Crippen LogP contribution in [0, 0.1) is 17.3 Å². The third-order valence-corrected chi connectivity index (χ3v) is 9.04. The van der Waals surface area contributed by atoms with Crippen molar-refractivity contribution in [3.8, 4) is 0 Å². The Hall–Kier alpha value is -1.92. The van der Waals surface area contributed by atoms with E-state index in [-0.39, 0.29) is 34.1 Å². The number of ketones is 2. The molecular weight excluding hydrogens is 404 g/mol. The minimum atomic E-state index is -3.49. The van der Waals surface area contributed by atoms with Gasteiger partial charge in [-0.3, -0.25) is 9.59 Å². The molecule has 0 bridgehead atoms. The quantitative estimate of drug-likeness (QED) is 0.457. The maximum atomic E-state index is 13.0. The van der Waals surface area contributed by atoms with Crippen molar-refractivity contribution in [1.29, 1.82) is 0 Å². The van der Waals surface area contributed by atoms with E-state index in [0.717, 1.165) is 4.90 Å². The van der Waals surface area contributed by atoms with Gasteiger partial charge in [0.25, 0.3) is 0 Å². The number of carbonyl (C=O) groups is 2. The van der Waals surface area contributed by atoms with Crippen LogP contribution in [0.3, 0.4) is 0 Å². The highest BCUT2D eigenvalue weighted by Crippen LogP contribution is 2.49. The van der Waals surface area contributed by atoms with E-state index in [1.54, 1.807) is 42.1 Å². The number of benzene rings is 2. The second kappa shape index (κ2) is 8.84. The lowest BCUT2D eigenvalue weighted by Gasteiger charge is -2.23. The number of hydrogen-bond acceptors (Lipinski definition) is 5. The molecule has 6 heteroatoms. The van der Waals surface area contributed by atoms with Gasteiger partial charge < -0.3 is 0 Å². The highest BCUT2D eigenvalue weighted by atomic mass is 32.2. The lowest BCUT2D eigenvalue weighted by molar-refractivity contribution is -0.138. The number of carbonyl (C=O) groups excluding carboxylic acids is 2. The van der Waals surface area contributed by atoms with Gasteiger partial charge in [0.2, 0.25) is 0 Å². The van der Waals surface area contributed by atoms with Crippen LogP contribution >= 0.6 is 11.8 Å². The van der Waals surface area contributed by atoms with E-state index in [2.05, 4.69) is 0 Å². The second-order valence-electron chi connectivity index (χ2n) is 7.84. The molecule has 0 amide bonds. The monoisotopic (exact) mass is 430 g/mol.